The van der Waals surface area contributed by atoms with Gasteiger partial charge in [-0.25, -0.2) is 4.98 Å². The topological polar surface area (TPSA) is 45.9 Å². The van der Waals surface area contributed by atoms with E-state index in [2.05, 4.69) is 24.3 Å². The molecular formula is C19H16N2OS. The van der Waals surface area contributed by atoms with Crippen LogP contribution in [0.3, 0.4) is 0 Å². The molecule has 1 heterocycles. The molecule has 0 unspecified atom stereocenters. The van der Waals surface area contributed by atoms with Crippen LogP contribution in [0.15, 0.2) is 59.6 Å². The van der Waals surface area contributed by atoms with E-state index in [9.17, 15) is 0 Å². The van der Waals surface area contributed by atoms with Gasteiger partial charge in [0.25, 0.3) is 0 Å². The lowest BCUT2D eigenvalue weighted by molar-refractivity contribution is 0.415. The third-order valence-electron chi connectivity index (χ3n) is 3.54. The molecular weight excluding hydrogens is 304 g/mol. The second-order valence-electron chi connectivity index (χ2n) is 5.01. The minimum absolute atomic E-state index is 0.517. The van der Waals surface area contributed by atoms with Crippen LogP contribution in [0.2, 0.25) is 0 Å². The highest BCUT2D eigenvalue weighted by Gasteiger charge is 2.09. The van der Waals surface area contributed by atoms with Crippen LogP contribution in [-0.2, 0) is 0 Å². The Bertz CT molecular complexity index is 856. The smallest absolute Gasteiger partial charge is 0.121 e. The summed E-state index contributed by atoms with van der Waals surface area (Å²) in [5, 5.41) is 10.7. The minimum Gasteiger partial charge on any atom is -0.497 e. The molecule has 23 heavy (non-hydrogen) atoms. The maximum absolute atomic E-state index is 8.72. The van der Waals surface area contributed by atoms with Crippen molar-refractivity contribution >= 4 is 22.7 Å². The van der Waals surface area contributed by atoms with E-state index < -0.39 is 0 Å². The van der Waals surface area contributed by atoms with Gasteiger partial charge in [-0.1, -0.05) is 30.3 Å². The van der Waals surface area contributed by atoms with E-state index in [1.807, 2.05) is 36.4 Å². The van der Waals surface area contributed by atoms with Crippen LogP contribution < -0.4 is 4.74 Å². The number of pyridine rings is 1. The average molecular weight is 320 g/mol. The number of aromatic nitrogens is 1. The number of hydrogen-bond donors (Lipinski definition) is 0. The van der Waals surface area contributed by atoms with Crippen molar-refractivity contribution in [2.75, 3.05) is 12.9 Å². The Balaban J connectivity index is 2.13. The van der Waals surface area contributed by atoms with Crippen molar-refractivity contribution in [1.82, 2.24) is 4.98 Å². The zero-order valence-electron chi connectivity index (χ0n) is 12.8. The van der Waals surface area contributed by atoms with Crippen molar-refractivity contribution in [2.45, 2.75) is 11.4 Å². The van der Waals surface area contributed by atoms with Crippen molar-refractivity contribution in [2.24, 2.45) is 0 Å². The molecule has 0 bridgehead atoms. The van der Waals surface area contributed by atoms with E-state index in [0.717, 1.165) is 38.6 Å². The molecule has 0 aliphatic heterocycles. The van der Waals surface area contributed by atoms with E-state index in [1.54, 1.807) is 18.9 Å². The van der Waals surface area contributed by atoms with Crippen LogP contribution in [0.5, 0.6) is 5.75 Å². The molecule has 1 aromatic heterocycles. The van der Waals surface area contributed by atoms with Gasteiger partial charge in [0.05, 0.1) is 23.7 Å². The van der Waals surface area contributed by atoms with E-state index >= 15 is 0 Å². The highest BCUT2D eigenvalue weighted by molar-refractivity contribution is 7.99. The summed E-state index contributed by atoms with van der Waals surface area (Å²) in [4.78, 5) is 4.72. The molecule has 4 heteroatoms. The number of hydrogen-bond acceptors (Lipinski definition) is 4. The van der Waals surface area contributed by atoms with Gasteiger partial charge in [0.2, 0.25) is 0 Å². The van der Waals surface area contributed by atoms with E-state index in [-0.39, 0.29) is 0 Å². The lowest BCUT2D eigenvalue weighted by atomic mass is 10.0. The first-order chi connectivity index (χ1) is 11.3. The van der Waals surface area contributed by atoms with Crippen molar-refractivity contribution < 1.29 is 4.74 Å². The van der Waals surface area contributed by atoms with Crippen LogP contribution in [0, 0.1) is 11.3 Å². The highest BCUT2D eigenvalue weighted by Crippen LogP contribution is 2.33. The van der Waals surface area contributed by atoms with Gasteiger partial charge in [0.15, 0.2) is 0 Å². The molecule has 0 aliphatic carbocycles. The van der Waals surface area contributed by atoms with Gasteiger partial charge < -0.3 is 4.74 Å². The van der Waals surface area contributed by atoms with E-state index in [1.165, 1.54) is 0 Å². The molecule has 0 aliphatic rings. The van der Waals surface area contributed by atoms with Crippen molar-refractivity contribution in [3.8, 4) is 22.9 Å². The number of thioether (sulfide) groups is 1. The molecule has 0 saturated heterocycles. The Kier molecular flexibility index (Phi) is 4.80. The number of benzene rings is 2. The maximum Gasteiger partial charge on any atom is 0.121 e. The van der Waals surface area contributed by atoms with Gasteiger partial charge in [0.1, 0.15) is 5.75 Å². The third-order valence-corrected chi connectivity index (χ3v) is 4.46. The molecule has 114 valence electrons. The zero-order chi connectivity index (χ0) is 16.1. The SMILES string of the molecule is COc1ccc2c(-c3ccccc3)cc(SCCC#N)nc2c1. The quantitative estimate of drug-likeness (QED) is 0.494. The van der Waals surface area contributed by atoms with Crippen LogP contribution in [0.25, 0.3) is 22.0 Å². The summed E-state index contributed by atoms with van der Waals surface area (Å²) in [5.74, 6) is 1.54. The van der Waals surface area contributed by atoms with Crippen LogP contribution in [0.1, 0.15) is 6.42 Å². The second kappa shape index (κ2) is 7.17. The standard InChI is InChI=1S/C19H16N2OS/c1-22-15-8-9-16-17(14-6-3-2-4-7-14)13-19(21-18(16)12-15)23-11-5-10-20/h2-4,6-9,12-13H,5,11H2,1H3. The molecule has 2 aromatic carbocycles. The van der Waals surface area contributed by atoms with Gasteiger partial charge in [-0.3, -0.25) is 0 Å². The van der Waals surface area contributed by atoms with E-state index in [4.69, 9.17) is 15.0 Å². The summed E-state index contributed by atoms with van der Waals surface area (Å²) < 4.78 is 5.32. The van der Waals surface area contributed by atoms with Crippen molar-refractivity contribution in [1.29, 1.82) is 5.26 Å². The molecule has 3 rings (SSSR count). The van der Waals surface area contributed by atoms with Gasteiger partial charge in [-0.2, -0.15) is 5.26 Å². The monoisotopic (exact) mass is 320 g/mol. The Morgan fingerprint density at radius 3 is 2.70 bits per heavy atom. The Hall–Kier alpha value is -2.51. The maximum atomic E-state index is 8.72. The summed E-state index contributed by atoms with van der Waals surface area (Å²) in [7, 11) is 1.66. The summed E-state index contributed by atoms with van der Waals surface area (Å²) in [6.07, 6.45) is 0.517. The summed E-state index contributed by atoms with van der Waals surface area (Å²) >= 11 is 1.61. The fourth-order valence-corrected chi connectivity index (χ4v) is 3.21. The summed E-state index contributed by atoms with van der Waals surface area (Å²) in [6.45, 7) is 0. The largest absolute Gasteiger partial charge is 0.497 e. The fraction of sp³-hybridized carbons (Fsp3) is 0.158. The van der Waals surface area contributed by atoms with Crippen LogP contribution in [-0.4, -0.2) is 17.8 Å². The molecule has 3 nitrogen and oxygen atoms in total. The van der Waals surface area contributed by atoms with Gasteiger partial charge in [-0.05, 0) is 29.3 Å². The molecule has 0 radical (unpaired) electrons. The Labute approximate surface area is 139 Å². The Morgan fingerprint density at radius 1 is 1.13 bits per heavy atom. The fourth-order valence-electron chi connectivity index (χ4n) is 2.44. The molecule has 0 amide bonds. The Morgan fingerprint density at radius 2 is 1.96 bits per heavy atom. The van der Waals surface area contributed by atoms with Crippen LogP contribution >= 0.6 is 11.8 Å². The molecule has 0 atom stereocenters. The first-order valence-electron chi connectivity index (χ1n) is 7.36. The number of nitriles is 1. The average Bonchev–Trinajstić information content (AvgIpc) is 2.61. The van der Waals surface area contributed by atoms with Crippen molar-refractivity contribution in [3.05, 3.63) is 54.6 Å². The molecule has 0 spiro atoms. The predicted molar refractivity (Wildman–Crippen MR) is 94.7 cm³/mol. The molecule has 0 N–H and O–H groups in total. The number of methoxy groups -OCH3 is 1. The van der Waals surface area contributed by atoms with Gasteiger partial charge in [-0.15, -0.1) is 11.8 Å². The zero-order valence-corrected chi connectivity index (χ0v) is 13.6. The third kappa shape index (κ3) is 3.46. The van der Waals surface area contributed by atoms with Crippen molar-refractivity contribution in [3.63, 3.8) is 0 Å². The normalized spacial score (nSPS) is 10.4. The van der Waals surface area contributed by atoms with Gasteiger partial charge in [0, 0.05) is 23.6 Å². The molecule has 3 aromatic rings. The summed E-state index contributed by atoms with van der Waals surface area (Å²) in [5.41, 5.74) is 3.22. The first kappa shape index (κ1) is 15.4. The minimum atomic E-state index is 0.517. The number of fused-ring (bicyclic) bond motifs is 1. The number of ether oxygens (including phenoxy) is 1. The van der Waals surface area contributed by atoms with Gasteiger partial charge >= 0.3 is 0 Å². The lowest BCUT2D eigenvalue weighted by Crippen LogP contribution is -1.91. The molecule has 0 saturated carbocycles. The highest BCUT2D eigenvalue weighted by atomic mass is 32.2. The second-order valence-corrected chi connectivity index (χ2v) is 6.13. The number of rotatable bonds is 5. The lowest BCUT2D eigenvalue weighted by Gasteiger charge is -2.10. The summed E-state index contributed by atoms with van der Waals surface area (Å²) in [6, 6.07) is 20.5. The first-order valence-corrected chi connectivity index (χ1v) is 8.34. The van der Waals surface area contributed by atoms with E-state index in [0.29, 0.717) is 6.42 Å². The van der Waals surface area contributed by atoms with Crippen LogP contribution in [0.4, 0.5) is 0 Å². The molecule has 0 fully saturated rings. The predicted octanol–water partition coefficient (Wildman–Crippen LogP) is 4.92. The number of nitrogens with zero attached hydrogens (tertiary/aromatic N) is 2.